The minimum atomic E-state index is 0.418. The summed E-state index contributed by atoms with van der Waals surface area (Å²) in [5.74, 6) is 1.01. The standard InChI is InChI=1S/C10H5N2O2/c1-2-4-8-7(3-1)5-9(13-8)10-6-11-12-14-10/h1-5H. The van der Waals surface area contributed by atoms with Crippen LogP contribution in [0.2, 0.25) is 0 Å². The molecule has 2 heterocycles. The third-order valence-corrected chi connectivity index (χ3v) is 1.97. The Bertz CT molecular complexity index is 521. The molecule has 2 aromatic heterocycles. The molecule has 0 aliphatic heterocycles. The molecule has 0 atom stereocenters. The fraction of sp³-hybridized carbons (Fsp3) is 0. The van der Waals surface area contributed by atoms with E-state index in [1.165, 1.54) is 0 Å². The molecule has 3 rings (SSSR count). The highest BCUT2D eigenvalue weighted by Crippen LogP contribution is 2.26. The molecule has 0 unspecified atom stereocenters. The van der Waals surface area contributed by atoms with Crippen molar-refractivity contribution in [2.24, 2.45) is 0 Å². The van der Waals surface area contributed by atoms with Gasteiger partial charge in [0.25, 0.3) is 0 Å². The SMILES string of the molecule is [c]1nnoc1-c1cc2ccccc2o1. The molecule has 1 radical (unpaired) electrons. The maximum absolute atomic E-state index is 5.51. The zero-order valence-corrected chi connectivity index (χ0v) is 7.10. The second-order valence-corrected chi connectivity index (χ2v) is 2.86. The van der Waals surface area contributed by atoms with E-state index < -0.39 is 0 Å². The van der Waals surface area contributed by atoms with Gasteiger partial charge in [-0.1, -0.05) is 18.2 Å². The van der Waals surface area contributed by atoms with E-state index >= 15 is 0 Å². The van der Waals surface area contributed by atoms with Gasteiger partial charge in [0.2, 0.25) is 5.76 Å². The van der Waals surface area contributed by atoms with Crippen molar-refractivity contribution < 1.29 is 8.94 Å². The summed E-state index contributed by atoms with van der Waals surface area (Å²) in [5.41, 5.74) is 0.812. The third-order valence-electron chi connectivity index (χ3n) is 1.97. The zero-order chi connectivity index (χ0) is 9.38. The highest BCUT2D eigenvalue weighted by atomic mass is 16.5. The molecule has 1 aromatic carbocycles. The number of furan rings is 1. The molecule has 0 aliphatic rings. The van der Waals surface area contributed by atoms with E-state index in [1.54, 1.807) is 0 Å². The molecule has 14 heavy (non-hydrogen) atoms. The molecule has 0 amide bonds. The molecule has 0 spiro atoms. The third kappa shape index (κ3) is 1.01. The van der Waals surface area contributed by atoms with Gasteiger partial charge in [-0.3, -0.25) is 0 Å². The first kappa shape index (κ1) is 7.32. The molecule has 0 fully saturated rings. The van der Waals surface area contributed by atoms with Gasteiger partial charge in [0.05, 0.1) is 0 Å². The van der Waals surface area contributed by atoms with Gasteiger partial charge in [-0.05, 0) is 12.1 Å². The fourth-order valence-electron chi connectivity index (χ4n) is 1.34. The molecule has 0 N–H and O–H groups in total. The summed E-state index contributed by atoms with van der Waals surface area (Å²) in [6.45, 7) is 0. The van der Waals surface area contributed by atoms with Crippen LogP contribution in [0.1, 0.15) is 0 Å². The van der Waals surface area contributed by atoms with E-state index in [1.807, 2.05) is 30.3 Å². The minimum absolute atomic E-state index is 0.418. The quantitative estimate of drug-likeness (QED) is 0.583. The lowest BCUT2D eigenvalue weighted by Gasteiger charge is -1.83. The number of aromatic nitrogens is 2. The van der Waals surface area contributed by atoms with Crippen LogP contribution in [0.4, 0.5) is 0 Å². The smallest absolute Gasteiger partial charge is 0.232 e. The highest BCUT2D eigenvalue weighted by Gasteiger charge is 2.09. The summed E-state index contributed by atoms with van der Waals surface area (Å²) >= 11 is 0. The zero-order valence-electron chi connectivity index (χ0n) is 7.10. The van der Waals surface area contributed by atoms with Gasteiger partial charge in [0.15, 0.2) is 12.0 Å². The molecule has 67 valence electrons. The first-order valence-corrected chi connectivity index (χ1v) is 4.12. The monoisotopic (exact) mass is 185 g/mol. The van der Waals surface area contributed by atoms with Crippen LogP contribution in [-0.4, -0.2) is 10.4 Å². The van der Waals surface area contributed by atoms with E-state index in [-0.39, 0.29) is 0 Å². The lowest BCUT2D eigenvalue weighted by Crippen LogP contribution is -1.63. The Morgan fingerprint density at radius 3 is 2.93 bits per heavy atom. The number of para-hydroxylation sites is 1. The minimum Gasteiger partial charge on any atom is -0.453 e. The maximum Gasteiger partial charge on any atom is 0.232 e. The average molecular weight is 185 g/mol. The van der Waals surface area contributed by atoms with Gasteiger partial charge in [-0.2, -0.15) is 0 Å². The van der Waals surface area contributed by atoms with E-state index in [0.717, 1.165) is 11.0 Å². The molecule has 0 saturated carbocycles. The summed E-state index contributed by atoms with van der Waals surface area (Å²) in [6.07, 6.45) is 2.59. The lowest BCUT2D eigenvalue weighted by molar-refractivity contribution is 0.395. The normalized spacial score (nSPS) is 10.9. The summed E-state index contributed by atoms with van der Waals surface area (Å²) in [6, 6.07) is 9.59. The van der Waals surface area contributed by atoms with Crippen molar-refractivity contribution in [2.45, 2.75) is 0 Å². The average Bonchev–Trinajstić information content (AvgIpc) is 2.86. The number of rotatable bonds is 1. The van der Waals surface area contributed by atoms with Gasteiger partial charge >= 0.3 is 0 Å². The summed E-state index contributed by atoms with van der Waals surface area (Å²) < 4.78 is 10.3. The number of nitrogens with zero attached hydrogens (tertiary/aromatic N) is 2. The van der Waals surface area contributed by atoms with E-state index in [0.29, 0.717) is 11.5 Å². The molecule has 4 nitrogen and oxygen atoms in total. The second kappa shape index (κ2) is 2.70. The number of benzene rings is 1. The van der Waals surface area contributed by atoms with Gasteiger partial charge in [0, 0.05) is 10.7 Å². The Hall–Kier alpha value is -2.10. The Labute approximate surface area is 79.1 Å². The van der Waals surface area contributed by atoms with Gasteiger partial charge < -0.3 is 8.94 Å². The summed E-state index contributed by atoms with van der Waals surface area (Å²) in [7, 11) is 0. The van der Waals surface area contributed by atoms with Gasteiger partial charge in [0.1, 0.15) is 5.58 Å². The topological polar surface area (TPSA) is 52.1 Å². The lowest BCUT2D eigenvalue weighted by atomic mass is 10.2. The Balaban J connectivity index is 2.24. The van der Waals surface area contributed by atoms with Crippen LogP contribution in [0.25, 0.3) is 22.5 Å². The van der Waals surface area contributed by atoms with Crippen LogP contribution in [0.3, 0.4) is 0 Å². The van der Waals surface area contributed by atoms with E-state index in [2.05, 4.69) is 16.6 Å². The van der Waals surface area contributed by atoms with Crippen molar-refractivity contribution in [3.63, 3.8) is 0 Å². The summed E-state index contributed by atoms with van der Waals surface area (Å²) in [4.78, 5) is 0. The van der Waals surface area contributed by atoms with Gasteiger partial charge in [-0.25, -0.2) is 0 Å². The van der Waals surface area contributed by atoms with Crippen LogP contribution in [0.15, 0.2) is 39.3 Å². The van der Waals surface area contributed by atoms with Crippen LogP contribution >= 0.6 is 0 Å². The predicted molar refractivity (Wildman–Crippen MR) is 48.3 cm³/mol. The van der Waals surface area contributed by atoms with Crippen LogP contribution in [0.5, 0.6) is 0 Å². The van der Waals surface area contributed by atoms with Gasteiger partial charge in [-0.15, -0.1) is 5.10 Å². The fourth-order valence-corrected chi connectivity index (χ4v) is 1.34. The van der Waals surface area contributed by atoms with Crippen molar-refractivity contribution >= 4 is 11.0 Å². The predicted octanol–water partition coefficient (Wildman–Crippen LogP) is 2.28. The molecule has 0 bridgehead atoms. The van der Waals surface area contributed by atoms with Crippen molar-refractivity contribution in [3.8, 4) is 11.5 Å². The Morgan fingerprint density at radius 1 is 1.21 bits per heavy atom. The first-order valence-electron chi connectivity index (χ1n) is 4.12. The molecular weight excluding hydrogens is 180 g/mol. The maximum atomic E-state index is 5.51. The first-order chi connectivity index (χ1) is 6.93. The number of hydrogen-bond acceptors (Lipinski definition) is 4. The molecule has 4 heteroatoms. The molecule has 0 aliphatic carbocycles. The van der Waals surface area contributed by atoms with Crippen molar-refractivity contribution in [3.05, 3.63) is 36.5 Å². The van der Waals surface area contributed by atoms with Crippen molar-refractivity contribution in [1.29, 1.82) is 0 Å². The molecular formula is C10H5N2O2. The molecule has 3 aromatic rings. The second-order valence-electron chi connectivity index (χ2n) is 2.86. The van der Waals surface area contributed by atoms with Crippen LogP contribution < -0.4 is 0 Å². The Kier molecular flexibility index (Phi) is 1.41. The highest BCUT2D eigenvalue weighted by molar-refractivity contribution is 5.81. The largest absolute Gasteiger partial charge is 0.453 e. The van der Waals surface area contributed by atoms with Crippen molar-refractivity contribution in [1.82, 2.24) is 10.4 Å². The van der Waals surface area contributed by atoms with Crippen LogP contribution in [-0.2, 0) is 0 Å². The number of fused-ring (bicyclic) bond motifs is 1. The van der Waals surface area contributed by atoms with Crippen molar-refractivity contribution in [2.75, 3.05) is 0 Å². The van der Waals surface area contributed by atoms with E-state index in [9.17, 15) is 0 Å². The Morgan fingerprint density at radius 2 is 2.14 bits per heavy atom. The summed E-state index contributed by atoms with van der Waals surface area (Å²) in [5, 5.41) is 7.82. The van der Waals surface area contributed by atoms with E-state index in [4.69, 9.17) is 8.94 Å². The number of hydrogen-bond donors (Lipinski definition) is 0. The van der Waals surface area contributed by atoms with Crippen LogP contribution in [0, 0.1) is 6.20 Å². The molecule has 0 saturated heterocycles.